The van der Waals surface area contributed by atoms with Gasteiger partial charge in [-0.1, -0.05) is 0 Å². The minimum absolute atomic E-state index is 0.186. The van der Waals surface area contributed by atoms with E-state index < -0.39 is 18.3 Å². The van der Waals surface area contributed by atoms with Gasteiger partial charge in [0.1, 0.15) is 12.4 Å². The molecule has 1 aromatic rings. The number of rotatable bonds is 2. The minimum Gasteiger partial charge on any atom is -0.480 e. The lowest BCUT2D eigenvalue weighted by atomic mass is 10.2. The van der Waals surface area contributed by atoms with Gasteiger partial charge in [0.2, 0.25) is 5.91 Å². The van der Waals surface area contributed by atoms with Crippen molar-refractivity contribution < 1.29 is 19.1 Å². The van der Waals surface area contributed by atoms with E-state index in [1.807, 2.05) is 0 Å². The van der Waals surface area contributed by atoms with Gasteiger partial charge >= 0.3 is 5.97 Å². The molecule has 1 aliphatic rings. The summed E-state index contributed by atoms with van der Waals surface area (Å²) in [5, 5.41) is 8.68. The summed E-state index contributed by atoms with van der Waals surface area (Å²) in [6, 6.07) is 4.03. The highest BCUT2D eigenvalue weighted by atomic mass is 32.2. The molecule has 1 N–H and O–H groups in total. The Bertz CT molecular complexity index is 463. The van der Waals surface area contributed by atoms with Crippen LogP contribution in [0.15, 0.2) is 23.1 Å². The van der Waals surface area contributed by atoms with Crippen molar-refractivity contribution in [3.63, 3.8) is 0 Å². The van der Waals surface area contributed by atoms with Crippen molar-refractivity contribution in [1.29, 1.82) is 0 Å². The quantitative estimate of drug-likeness (QED) is 0.849. The number of benzene rings is 1. The summed E-state index contributed by atoms with van der Waals surface area (Å²) in [5.41, 5.74) is 0.337. The summed E-state index contributed by atoms with van der Waals surface area (Å²) in [6.07, 6.45) is 0. The first kappa shape index (κ1) is 10.9. The van der Waals surface area contributed by atoms with Gasteiger partial charge in [-0.05, 0) is 18.2 Å². The lowest BCUT2D eigenvalue weighted by Gasteiger charge is -2.27. The van der Waals surface area contributed by atoms with Crippen molar-refractivity contribution in [2.45, 2.75) is 4.90 Å². The van der Waals surface area contributed by atoms with Crippen LogP contribution < -0.4 is 4.90 Å². The normalized spacial score (nSPS) is 14.8. The van der Waals surface area contributed by atoms with Crippen LogP contribution >= 0.6 is 11.8 Å². The smallest absolute Gasteiger partial charge is 0.323 e. The lowest BCUT2D eigenvalue weighted by molar-refractivity contribution is -0.136. The van der Waals surface area contributed by atoms with Crippen LogP contribution in [0.1, 0.15) is 0 Å². The molecule has 0 aromatic heterocycles. The fraction of sp³-hybridized carbons (Fsp3) is 0.200. The van der Waals surface area contributed by atoms with Crippen LogP contribution in [0.25, 0.3) is 0 Å². The third-order valence-corrected chi connectivity index (χ3v) is 3.20. The maximum atomic E-state index is 13.0. The molecule has 2 rings (SSSR count). The molecule has 84 valence electrons. The minimum atomic E-state index is -1.12. The van der Waals surface area contributed by atoms with Crippen molar-refractivity contribution in [3.8, 4) is 0 Å². The first-order valence-corrected chi connectivity index (χ1v) is 5.51. The monoisotopic (exact) mass is 241 g/mol. The number of thioether (sulfide) groups is 1. The molecule has 0 atom stereocenters. The van der Waals surface area contributed by atoms with Gasteiger partial charge in [-0.15, -0.1) is 11.8 Å². The second-order valence-corrected chi connectivity index (χ2v) is 4.29. The van der Waals surface area contributed by atoms with Crippen molar-refractivity contribution >= 4 is 29.3 Å². The number of anilines is 1. The van der Waals surface area contributed by atoms with Crippen LogP contribution in [-0.4, -0.2) is 29.3 Å². The molecule has 16 heavy (non-hydrogen) atoms. The zero-order chi connectivity index (χ0) is 11.7. The van der Waals surface area contributed by atoms with E-state index in [4.69, 9.17) is 5.11 Å². The molecular formula is C10H8FNO3S. The van der Waals surface area contributed by atoms with Gasteiger partial charge in [0.25, 0.3) is 0 Å². The Kier molecular flexibility index (Phi) is 2.82. The predicted molar refractivity (Wildman–Crippen MR) is 57.1 cm³/mol. The largest absolute Gasteiger partial charge is 0.480 e. The van der Waals surface area contributed by atoms with Gasteiger partial charge in [0.15, 0.2) is 0 Å². The molecule has 0 saturated heterocycles. The molecule has 0 aliphatic carbocycles. The number of amides is 1. The van der Waals surface area contributed by atoms with Crippen LogP contribution in [0.3, 0.4) is 0 Å². The maximum Gasteiger partial charge on any atom is 0.323 e. The fourth-order valence-electron chi connectivity index (χ4n) is 1.48. The topological polar surface area (TPSA) is 57.6 Å². The van der Waals surface area contributed by atoms with Crippen LogP contribution in [0.4, 0.5) is 10.1 Å². The first-order chi connectivity index (χ1) is 7.58. The van der Waals surface area contributed by atoms with Crippen molar-refractivity contribution in [2.24, 2.45) is 0 Å². The standard InChI is InChI=1S/C10H8FNO3S/c11-6-1-2-8-7(3-6)12(4-10(14)15)9(13)5-16-8/h1-3H,4-5H2,(H,14,15). The fourth-order valence-corrected chi connectivity index (χ4v) is 2.40. The van der Waals surface area contributed by atoms with E-state index in [2.05, 4.69) is 0 Å². The number of fused-ring (bicyclic) bond motifs is 1. The maximum absolute atomic E-state index is 13.0. The molecule has 0 spiro atoms. The van der Waals surface area contributed by atoms with Crippen molar-refractivity contribution in [1.82, 2.24) is 0 Å². The summed E-state index contributed by atoms with van der Waals surface area (Å²) < 4.78 is 13.0. The van der Waals surface area contributed by atoms with Crippen LogP contribution in [0.2, 0.25) is 0 Å². The van der Waals surface area contributed by atoms with Gasteiger partial charge in [-0.25, -0.2) is 4.39 Å². The molecule has 0 radical (unpaired) electrons. The summed E-state index contributed by atoms with van der Waals surface area (Å²) in [6.45, 7) is -0.435. The lowest BCUT2D eigenvalue weighted by Crippen LogP contribution is -2.39. The van der Waals surface area contributed by atoms with Gasteiger partial charge < -0.3 is 5.11 Å². The van der Waals surface area contributed by atoms with E-state index in [1.54, 1.807) is 6.07 Å². The summed E-state index contributed by atoms with van der Waals surface area (Å²) in [7, 11) is 0. The molecule has 0 saturated carbocycles. The molecule has 6 heteroatoms. The molecule has 0 unspecified atom stereocenters. The van der Waals surface area contributed by atoms with Gasteiger partial charge in [-0.2, -0.15) is 0 Å². The van der Waals surface area contributed by atoms with E-state index in [0.29, 0.717) is 5.69 Å². The number of nitrogens with zero attached hydrogens (tertiary/aromatic N) is 1. The average molecular weight is 241 g/mol. The molecule has 1 aliphatic heterocycles. The highest BCUT2D eigenvalue weighted by Crippen LogP contribution is 2.35. The number of carboxylic acid groups (broad SMARTS) is 1. The van der Waals surface area contributed by atoms with E-state index in [-0.39, 0.29) is 11.7 Å². The van der Waals surface area contributed by atoms with Crippen molar-refractivity contribution in [3.05, 3.63) is 24.0 Å². The number of hydrogen-bond acceptors (Lipinski definition) is 3. The Morgan fingerprint density at radius 3 is 3.00 bits per heavy atom. The number of carbonyl (C=O) groups is 2. The van der Waals surface area contributed by atoms with Crippen LogP contribution in [0, 0.1) is 5.82 Å². The Balaban J connectivity index is 2.42. The predicted octanol–water partition coefficient (Wildman–Crippen LogP) is 1.35. The number of hydrogen-bond donors (Lipinski definition) is 1. The summed E-state index contributed by atoms with van der Waals surface area (Å²) >= 11 is 1.29. The Morgan fingerprint density at radius 1 is 1.56 bits per heavy atom. The molecule has 1 aromatic carbocycles. The highest BCUT2D eigenvalue weighted by Gasteiger charge is 2.26. The Labute approximate surface area is 95.1 Å². The molecular weight excluding hydrogens is 233 g/mol. The van der Waals surface area contributed by atoms with Crippen molar-refractivity contribution in [2.75, 3.05) is 17.2 Å². The Morgan fingerprint density at radius 2 is 2.31 bits per heavy atom. The number of carboxylic acids is 1. The van der Waals surface area contributed by atoms with Gasteiger partial charge in [0.05, 0.1) is 11.4 Å². The second-order valence-electron chi connectivity index (χ2n) is 3.27. The zero-order valence-corrected chi connectivity index (χ0v) is 8.96. The van der Waals surface area contributed by atoms with Crippen LogP contribution in [-0.2, 0) is 9.59 Å². The molecule has 1 amide bonds. The third-order valence-electron chi connectivity index (χ3n) is 2.16. The molecule has 0 fully saturated rings. The van der Waals surface area contributed by atoms with Crippen LogP contribution in [0.5, 0.6) is 0 Å². The van der Waals surface area contributed by atoms with E-state index in [9.17, 15) is 14.0 Å². The summed E-state index contributed by atoms with van der Waals surface area (Å²) in [5.74, 6) is -1.73. The van der Waals surface area contributed by atoms with E-state index in [0.717, 1.165) is 9.80 Å². The van der Waals surface area contributed by atoms with E-state index >= 15 is 0 Å². The summed E-state index contributed by atoms with van der Waals surface area (Å²) in [4.78, 5) is 24.0. The average Bonchev–Trinajstić information content (AvgIpc) is 2.22. The SMILES string of the molecule is O=C(O)CN1C(=O)CSc2ccc(F)cc21. The molecule has 4 nitrogen and oxygen atoms in total. The molecule has 0 bridgehead atoms. The highest BCUT2D eigenvalue weighted by molar-refractivity contribution is 8.00. The number of halogens is 1. The zero-order valence-electron chi connectivity index (χ0n) is 8.14. The second kappa shape index (κ2) is 4.13. The third kappa shape index (κ3) is 2.01. The molecule has 1 heterocycles. The van der Waals surface area contributed by atoms with Gasteiger partial charge in [-0.3, -0.25) is 14.5 Å². The van der Waals surface area contributed by atoms with Gasteiger partial charge in [0, 0.05) is 4.90 Å². The number of carbonyl (C=O) groups excluding carboxylic acids is 1. The first-order valence-electron chi connectivity index (χ1n) is 4.52. The van der Waals surface area contributed by atoms with E-state index in [1.165, 1.54) is 23.9 Å². The Hall–Kier alpha value is -1.56. The number of aliphatic carboxylic acids is 1.